The van der Waals surface area contributed by atoms with Crippen molar-refractivity contribution >= 4 is 17.5 Å². The summed E-state index contributed by atoms with van der Waals surface area (Å²) in [6.45, 7) is 5.45. The fourth-order valence-electron chi connectivity index (χ4n) is 2.11. The second kappa shape index (κ2) is 9.29. The van der Waals surface area contributed by atoms with Crippen LogP contribution in [0.15, 0.2) is 12.1 Å². The summed E-state index contributed by atoms with van der Waals surface area (Å²) in [6, 6.07) is 5.32. The third-order valence-electron chi connectivity index (χ3n) is 3.28. The molecule has 0 aliphatic heterocycles. The Labute approximate surface area is 136 Å². The second-order valence-corrected chi connectivity index (χ2v) is 5.45. The normalized spacial score (nSPS) is 11.6. The molecule has 1 rings (SSSR count). The molecule has 2 N–H and O–H groups in total. The molecular formula is C16H22ClN3O2. The second-order valence-electron chi connectivity index (χ2n) is 5.04. The molecule has 1 aromatic carbocycles. The summed E-state index contributed by atoms with van der Waals surface area (Å²) in [6.07, 6.45) is 2.23. The molecule has 0 radical (unpaired) electrons. The lowest BCUT2D eigenvalue weighted by atomic mass is 10.1. The Morgan fingerprint density at radius 3 is 2.77 bits per heavy atom. The minimum absolute atomic E-state index is 0.252. The third kappa shape index (κ3) is 5.21. The van der Waals surface area contributed by atoms with Crippen molar-refractivity contribution in [3.05, 3.63) is 28.3 Å². The number of hydrogen-bond donors (Lipinski definition) is 2. The number of nitrogens with zero attached hydrogens (tertiary/aromatic N) is 1. The molecule has 1 aromatic rings. The molecule has 0 aromatic heterocycles. The highest BCUT2D eigenvalue weighted by Crippen LogP contribution is 2.26. The van der Waals surface area contributed by atoms with Crippen molar-refractivity contribution in [1.82, 2.24) is 10.6 Å². The van der Waals surface area contributed by atoms with Gasteiger partial charge in [0.15, 0.2) is 0 Å². The average Bonchev–Trinajstić information content (AvgIpc) is 2.51. The molecule has 1 atom stereocenters. The minimum atomic E-state index is -0.282. The third-order valence-corrected chi connectivity index (χ3v) is 3.59. The molecule has 5 nitrogen and oxygen atoms in total. The molecule has 0 aliphatic carbocycles. The lowest BCUT2D eigenvalue weighted by Crippen LogP contribution is -2.35. The summed E-state index contributed by atoms with van der Waals surface area (Å²) < 4.78 is 5.15. The van der Waals surface area contributed by atoms with E-state index in [-0.39, 0.29) is 16.5 Å². The Morgan fingerprint density at radius 2 is 2.18 bits per heavy atom. The van der Waals surface area contributed by atoms with Crippen molar-refractivity contribution in [3.63, 3.8) is 0 Å². The van der Waals surface area contributed by atoms with Gasteiger partial charge in [0.25, 0.3) is 5.91 Å². The van der Waals surface area contributed by atoms with Gasteiger partial charge in [0, 0.05) is 25.2 Å². The van der Waals surface area contributed by atoms with E-state index in [0.29, 0.717) is 30.4 Å². The van der Waals surface area contributed by atoms with Gasteiger partial charge < -0.3 is 15.4 Å². The van der Waals surface area contributed by atoms with Crippen LogP contribution >= 0.6 is 11.6 Å². The Hall–Kier alpha value is -1.77. The smallest absolute Gasteiger partial charge is 0.255 e. The van der Waals surface area contributed by atoms with Crippen LogP contribution in [-0.2, 0) is 0 Å². The van der Waals surface area contributed by atoms with E-state index in [0.717, 1.165) is 12.8 Å². The van der Waals surface area contributed by atoms with Gasteiger partial charge in [-0.05, 0) is 19.4 Å². The number of amides is 1. The standard InChI is InChI=1S/C16H22ClN3O2/c1-4-5-11(2)19-6-7-20-16(21)13-8-12(10-18)14(17)9-15(13)22-3/h8-9,11,19H,4-7H2,1-3H3,(H,20,21). The maximum absolute atomic E-state index is 12.2. The molecule has 0 saturated heterocycles. The zero-order valence-corrected chi connectivity index (χ0v) is 14.0. The van der Waals surface area contributed by atoms with Gasteiger partial charge in [0.05, 0.1) is 23.3 Å². The molecular weight excluding hydrogens is 302 g/mol. The van der Waals surface area contributed by atoms with Gasteiger partial charge in [0.2, 0.25) is 0 Å². The fourth-order valence-corrected chi connectivity index (χ4v) is 2.31. The predicted octanol–water partition coefficient (Wildman–Crippen LogP) is 2.73. The molecule has 120 valence electrons. The van der Waals surface area contributed by atoms with E-state index < -0.39 is 0 Å². The first-order valence-electron chi connectivity index (χ1n) is 7.32. The molecule has 0 heterocycles. The SMILES string of the molecule is CCCC(C)NCCNC(=O)c1cc(C#N)c(Cl)cc1OC. The first-order chi connectivity index (χ1) is 10.5. The number of carbonyl (C=O) groups excluding carboxylic acids is 1. The summed E-state index contributed by atoms with van der Waals surface area (Å²) in [5.41, 5.74) is 0.562. The average molecular weight is 324 g/mol. The first kappa shape index (κ1) is 18.3. The lowest BCUT2D eigenvalue weighted by molar-refractivity contribution is 0.0950. The summed E-state index contributed by atoms with van der Waals surface area (Å²) in [7, 11) is 1.46. The number of benzene rings is 1. The maximum atomic E-state index is 12.2. The van der Waals surface area contributed by atoms with Gasteiger partial charge in [-0.1, -0.05) is 24.9 Å². The largest absolute Gasteiger partial charge is 0.496 e. The number of carbonyl (C=O) groups is 1. The fraction of sp³-hybridized carbons (Fsp3) is 0.500. The van der Waals surface area contributed by atoms with E-state index in [1.807, 2.05) is 6.07 Å². The minimum Gasteiger partial charge on any atom is -0.496 e. The quantitative estimate of drug-likeness (QED) is 0.721. The van der Waals surface area contributed by atoms with Crippen LogP contribution in [0.5, 0.6) is 5.75 Å². The van der Waals surface area contributed by atoms with Crippen molar-refractivity contribution in [3.8, 4) is 11.8 Å². The van der Waals surface area contributed by atoms with Crippen LogP contribution in [0.4, 0.5) is 0 Å². The number of methoxy groups -OCH3 is 1. The zero-order chi connectivity index (χ0) is 16.5. The van der Waals surface area contributed by atoms with Gasteiger partial charge in [-0.2, -0.15) is 5.26 Å². The number of hydrogen-bond acceptors (Lipinski definition) is 4. The summed E-state index contributed by atoms with van der Waals surface area (Å²) in [4.78, 5) is 12.2. The van der Waals surface area contributed by atoms with Crippen molar-refractivity contribution in [2.75, 3.05) is 20.2 Å². The van der Waals surface area contributed by atoms with E-state index in [1.165, 1.54) is 19.2 Å². The molecule has 22 heavy (non-hydrogen) atoms. The molecule has 0 fully saturated rings. The number of ether oxygens (including phenoxy) is 1. The zero-order valence-electron chi connectivity index (χ0n) is 13.2. The number of nitrogens with one attached hydrogen (secondary N) is 2. The summed E-state index contributed by atoms with van der Waals surface area (Å²) in [5.74, 6) is 0.0729. The van der Waals surface area contributed by atoms with Crippen molar-refractivity contribution in [2.24, 2.45) is 0 Å². The van der Waals surface area contributed by atoms with E-state index in [2.05, 4.69) is 24.5 Å². The van der Waals surface area contributed by atoms with Crippen LogP contribution in [-0.4, -0.2) is 32.1 Å². The number of rotatable bonds is 8. The Balaban J connectivity index is 2.64. The van der Waals surface area contributed by atoms with E-state index in [9.17, 15) is 4.79 Å². The molecule has 1 unspecified atom stereocenters. The van der Waals surface area contributed by atoms with E-state index >= 15 is 0 Å². The van der Waals surface area contributed by atoms with Crippen LogP contribution in [0.2, 0.25) is 5.02 Å². The summed E-state index contributed by atoms with van der Waals surface area (Å²) >= 11 is 5.93. The van der Waals surface area contributed by atoms with Gasteiger partial charge in [-0.3, -0.25) is 4.79 Å². The molecule has 0 aliphatic rings. The Morgan fingerprint density at radius 1 is 1.45 bits per heavy atom. The highest BCUT2D eigenvalue weighted by Gasteiger charge is 2.15. The van der Waals surface area contributed by atoms with Crippen molar-refractivity contribution < 1.29 is 9.53 Å². The summed E-state index contributed by atoms with van der Waals surface area (Å²) in [5, 5.41) is 15.4. The Kier molecular flexibility index (Phi) is 7.72. The van der Waals surface area contributed by atoms with Gasteiger partial charge in [0.1, 0.15) is 11.8 Å². The monoisotopic (exact) mass is 323 g/mol. The van der Waals surface area contributed by atoms with Crippen LogP contribution < -0.4 is 15.4 Å². The molecule has 0 saturated carbocycles. The highest BCUT2D eigenvalue weighted by atomic mass is 35.5. The van der Waals surface area contributed by atoms with Crippen LogP contribution in [0.1, 0.15) is 42.6 Å². The lowest BCUT2D eigenvalue weighted by Gasteiger charge is -2.14. The van der Waals surface area contributed by atoms with Crippen molar-refractivity contribution in [2.45, 2.75) is 32.7 Å². The van der Waals surface area contributed by atoms with Gasteiger partial charge in [-0.15, -0.1) is 0 Å². The predicted molar refractivity (Wildman–Crippen MR) is 87.4 cm³/mol. The van der Waals surface area contributed by atoms with Crippen LogP contribution in [0.25, 0.3) is 0 Å². The van der Waals surface area contributed by atoms with Gasteiger partial charge in [-0.25, -0.2) is 0 Å². The first-order valence-corrected chi connectivity index (χ1v) is 7.70. The highest BCUT2D eigenvalue weighted by molar-refractivity contribution is 6.32. The Bertz CT molecular complexity index is 555. The van der Waals surface area contributed by atoms with E-state index in [4.69, 9.17) is 21.6 Å². The van der Waals surface area contributed by atoms with Crippen LogP contribution in [0, 0.1) is 11.3 Å². The van der Waals surface area contributed by atoms with Crippen LogP contribution in [0.3, 0.4) is 0 Å². The molecule has 0 bridgehead atoms. The molecule has 6 heteroatoms. The van der Waals surface area contributed by atoms with Gasteiger partial charge >= 0.3 is 0 Å². The van der Waals surface area contributed by atoms with Crippen molar-refractivity contribution in [1.29, 1.82) is 5.26 Å². The maximum Gasteiger partial charge on any atom is 0.255 e. The van der Waals surface area contributed by atoms with E-state index in [1.54, 1.807) is 0 Å². The number of halogens is 1. The molecule has 0 spiro atoms. The molecule has 1 amide bonds. The topological polar surface area (TPSA) is 74.1 Å². The number of nitriles is 1.